The molecule has 0 aliphatic carbocycles. The molecule has 0 fully saturated rings. The Morgan fingerprint density at radius 2 is 2.19 bits per heavy atom. The zero-order valence-electron chi connectivity index (χ0n) is 11.0. The van der Waals surface area contributed by atoms with Crippen LogP contribution >= 0.6 is 11.8 Å². The number of carbonyl (C=O) groups excluding carboxylic acids is 1. The smallest absolute Gasteiger partial charge is 0.339 e. The molecule has 1 heterocycles. The van der Waals surface area contributed by atoms with Crippen molar-refractivity contribution >= 4 is 29.3 Å². The maximum Gasteiger partial charge on any atom is 0.339 e. The minimum absolute atomic E-state index is 0.107. The van der Waals surface area contributed by atoms with Crippen LogP contribution < -0.4 is 5.32 Å². The Balaban J connectivity index is 1.98. The Kier molecular flexibility index (Phi) is 4.43. The Bertz CT molecular complexity index is 686. The zero-order chi connectivity index (χ0) is 15.4. The summed E-state index contributed by atoms with van der Waals surface area (Å²) in [6, 6.07) is 3.84. The van der Waals surface area contributed by atoms with E-state index in [4.69, 9.17) is 5.11 Å². The molecule has 8 nitrogen and oxygen atoms in total. The number of carboxylic acid groups (broad SMARTS) is 1. The highest BCUT2D eigenvalue weighted by molar-refractivity contribution is 7.99. The van der Waals surface area contributed by atoms with Gasteiger partial charge in [0.2, 0.25) is 5.91 Å². The number of anilines is 1. The highest BCUT2D eigenvalue weighted by Gasteiger charge is 2.12. The molecule has 0 saturated heterocycles. The molecule has 0 spiro atoms. The average Bonchev–Trinajstić information content (AvgIpc) is 2.84. The highest BCUT2D eigenvalue weighted by atomic mass is 32.2. The molecule has 0 saturated carbocycles. The quantitative estimate of drug-likeness (QED) is 0.556. The Hall–Kier alpha value is -2.55. The van der Waals surface area contributed by atoms with E-state index < -0.39 is 5.97 Å². The fourth-order valence-corrected chi connectivity index (χ4v) is 2.20. The van der Waals surface area contributed by atoms with Crippen molar-refractivity contribution in [3.63, 3.8) is 0 Å². The fraction of sp³-hybridized carbons (Fsp3) is 0.167. The minimum atomic E-state index is -1.27. The van der Waals surface area contributed by atoms with Gasteiger partial charge in [-0.05, 0) is 18.2 Å². The standard InChI is InChI=1S/C12H12N4O4S/c1-16-6-13-15-12(16)21-5-10(18)14-7-2-3-9(17)8(4-7)11(19)20/h2-4,6,17H,5H2,1H3,(H,14,18)(H,19,20). The molecule has 1 aromatic carbocycles. The largest absolute Gasteiger partial charge is 0.507 e. The molecule has 0 atom stereocenters. The lowest BCUT2D eigenvalue weighted by Gasteiger charge is -2.07. The third-order valence-electron chi connectivity index (χ3n) is 2.51. The lowest BCUT2D eigenvalue weighted by Crippen LogP contribution is -2.15. The first kappa shape index (κ1) is 14.9. The van der Waals surface area contributed by atoms with Crippen LogP contribution in [0, 0.1) is 0 Å². The third kappa shape index (κ3) is 3.72. The third-order valence-corrected chi connectivity index (χ3v) is 3.55. The van der Waals surface area contributed by atoms with E-state index in [1.165, 1.54) is 36.3 Å². The number of rotatable bonds is 5. The molecule has 110 valence electrons. The van der Waals surface area contributed by atoms with Crippen molar-refractivity contribution in [3.8, 4) is 5.75 Å². The van der Waals surface area contributed by atoms with Gasteiger partial charge in [0.25, 0.3) is 0 Å². The molecule has 0 aliphatic heterocycles. The van der Waals surface area contributed by atoms with Crippen LogP contribution in [0.5, 0.6) is 5.75 Å². The molecule has 0 bridgehead atoms. The molecule has 3 N–H and O–H groups in total. The van der Waals surface area contributed by atoms with Gasteiger partial charge >= 0.3 is 5.97 Å². The second-order valence-corrected chi connectivity index (χ2v) is 5.04. The van der Waals surface area contributed by atoms with Crippen molar-refractivity contribution in [1.29, 1.82) is 0 Å². The van der Waals surface area contributed by atoms with Gasteiger partial charge in [0.15, 0.2) is 5.16 Å². The molecule has 2 rings (SSSR count). The minimum Gasteiger partial charge on any atom is -0.507 e. The number of nitrogens with one attached hydrogen (secondary N) is 1. The zero-order valence-corrected chi connectivity index (χ0v) is 11.8. The number of aryl methyl sites for hydroxylation is 1. The number of amides is 1. The number of hydrogen-bond donors (Lipinski definition) is 3. The lowest BCUT2D eigenvalue weighted by molar-refractivity contribution is -0.113. The van der Waals surface area contributed by atoms with Crippen LogP contribution in [0.15, 0.2) is 29.7 Å². The first-order valence-electron chi connectivity index (χ1n) is 5.80. The summed E-state index contributed by atoms with van der Waals surface area (Å²) in [4.78, 5) is 22.7. The summed E-state index contributed by atoms with van der Waals surface area (Å²) in [6.07, 6.45) is 1.53. The summed E-state index contributed by atoms with van der Waals surface area (Å²) in [7, 11) is 1.76. The predicted octanol–water partition coefficient (Wildman–Crippen LogP) is 0.950. The average molecular weight is 308 g/mol. The summed E-state index contributed by atoms with van der Waals surface area (Å²) in [5, 5.41) is 28.9. The second-order valence-electron chi connectivity index (χ2n) is 4.10. The molecular formula is C12H12N4O4S. The number of carboxylic acids is 1. The van der Waals surface area contributed by atoms with E-state index in [0.717, 1.165) is 0 Å². The number of carbonyl (C=O) groups is 2. The van der Waals surface area contributed by atoms with E-state index in [0.29, 0.717) is 10.8 Å². The van der Waals surface area contributed by atoms with Crippen molar-refractivity contribution < 1.29 is 19.8 Å². The SMILES string of the molecule is Cn1cnnc1SCC(=O)Nc1ccc(O)c(C(=O)O)c1. The van der Waals surface area contributed by atoms with Crippen molar-refractivity contribution in [2.45, 2.75) is 5.16 Å². The van der Waals surface area contributed by atoms with Gasteiger partial charge in [0.05, 0.1) is 5.75 Å². The normalized spacial score (nSPS) is 10.3. The van der Waals surface area contributed by atoms with Gasteiger partial charge < -0.3 is 20.1 Å². The van der Waals surface area contributed by atoms with Crippen molar-refractivity contribution in [1.82, 2.24) is 14.8 Å². The monoisotopic (exact) mass is 308 g/mol. The van der Waals surface area contributed by atoms with Crippen LogP contribution in [0.1, 0.15) is 10.4 Å². The van der Waals surface area contributed by atoms with Crippen LogP contribution in [0.4, 0.5) is 5.69 Å². The maximum atomic E-state index is 11.8. The van der Waals surface area contributed by atoms with Gasteiger partial charge in [0.1, 0.15) is 17.6 Å². The van der Waals surface area contributed by atoms with Crippen LogP contribution in [-0.4, -0.2) is 42.6 Å². The second kappa shape index (κ2) is 6.27. The molecule has 21 heavy (non-hydrogen) atoms. The molecule has 0 aliphatic rings. The Morgan fingerprint density at radius 3 is 2.81 bits per heavy atom. The van der Waals surface area contributed by atoms with Crippen LogP contribution in [0.25, 0.3) is 0 Å². The number of aromatic nitrogens is 3. The topological polar surface area (TPSA) is 117 Å². The Labute approximate surface area is 123 Å². The van der Waals surface area contributed by atoms with Crippen LogP contribution in [0.3, 0.4) is 0 Å². The van der Waals surface area contributed by atoms with E-state index in [2.05, 4.69) is 15.5 Å². The van der Waals surface area contributed by atoms with Crippen LogP contribution in [-0.2, 0) is 11.8 Å². The fourth-order valence-electron chi connectivity index (χ4n) is 1.52. The van der Waals surface area contributed by atoms with Gasteiger partial charge in [-0.15, -0.1) is 10.2 Å². The van der Waals surface area contributed by atoms with Gasteiger partial charge in [-0.1, -0.05) is 11.8 Å². The lowest BCUT2D eigenvalue weighted by atomic mass is 10.2. The maximum absolute atomic E-state index is 11.8. The highest BCUT2D eigenvalue weighted by Crippen LogP contribution is 2.22. The molecular weight excluding hydrogens is 296 g/mol. The predicted molar refractivity (Wildman–Crippen MR) is 75.4 cm³/mol. The number of nitrogens with zero attached hydrogens (tertiary/aromatic N) is 3. The Morgan fingerprint density at radius 1 is 1.43 bits per heavy atom. The summed E-state index contributed by atoms with van der Waals surface area (Å²) in [6.45, 7) is 0. The number of thioether (sulfide) groups is 1. The van der Waals surface area contributed by atoms with Gasteiger partial charge in [0, 0.05) is 12.7 Å². The molecule has 2 aromatic rings. The summed E-state index contributed by atoms with van der Waals surface area (Å²) in [5.74, 6) is -1.83. The summed E-state index contributed by atoms with van der Waals surface area (Å²) < 4.78 is 1.68. The number of hydrogen-bond acceptors (Lipinski definition) is 6. The van der Waals surface area contributed by atoms with E-state index in [9.17, 15) is 14.7 Å². The number of benzene rings is 1. The summed E-state index contributed by atoms with van der Waals surface area (Å²) in [5.41, 5.74) is 0.0301. The summed E-state index contributed by atoms with van der Waals surface area (Å²) >= 11 is 1.21. The van der Waals surface area contributed by atoms with Gasteiger partial charge in [-0.25, -0.2) is 4.79 Å². The van der Waals surface area contributed by atoms with E-state index in [1.807, 2.05) is 0 Å². The van der Waals surface area contributed by atoms with Gasteiger partial charge in [-0.2, -0.15) is 0 Å². The van der Waals surface area contributed by atoms with Crippen LogP contribution in [0.2, 0.25) is 0 Å². The van der Waals surface area contributed by atoms with Crippen molar-refractivity contribution in [2.24, 2.45) is 7.05 Å². The number of phenols is 1. The van der Waals surface area contributed by atoms with Crippen molar-refractivity contribution in [3.05, 3.63) is 30.1 Å². The first-order valence-corrected chi connectivity index (χ1v) is 6.79. The number of aromatic hydroxyl groups is 1. The molecule has 0 unspecified atom stereocenters. The first-order chi connectivity index (χ1) is 9.97. The van der Waals surface area contributed by atoms with Crippen molar-refractivity contribution in [2.75, 3.05) is 11.1 Å². The van der Waals surface area contributed by atoms with Gasteiger partial charge in [-0.3, -0.25) is 4.79 Å². The molecule has 1 amide bonds. The molecule has 0 radical (unpaired) electrons. The van der Waals surface area contributed by atoms with E-state index in [1.54, 1.807) is 11.6 Å². The molecule has 1 aromatic heterocycles. The number of aromatic carboxylic acids is 1. The van der Waals surface area contributed by atoms with E-state index >= 15 is 0 Å². The molecule has 9 heteroatoms. The van der Waals surface area contributed by atoms with E-state index in [-0.39, 0.29) is 23.0 Å².